The lowest BCUT2D eigenvalue weighted by Gasteiger charge is -2.04. The maximum Gasteiger partial charge on any atom is 0.0178 e. The highest BCUT2D eigenvalue weighted by Crippen LogP contribution is 2.09. The third-order valence-corrected chi connectivity index (χ3v) is 1.90. The van der Waals surface area contributed by atoms with E-state index in [1.165, 1.54) is 11.1 Å². The topological polar surface area (TPSA) is 26.0 Å². The number of benzene rings is 1. The van der Waals surface area contributed by atoms with Crippen molar-refractivity contribution in [3.63, 3.8) is 0 Å². The first-order chi connectivity index (χ1) is 5.72. The van der Waals surface area contributed by atoms with Gasteiger partial charge in [-0.2, -0.15) is 0 Å². The van der Waals surface area contributed by atoms with E-state index in [4.69, 9.17) is 5.73 Å². The van der Waals surface area contributed by atoms with Gasteiger partial charge < -0.3 is 5.73 Å². The van der Waals surface area contributed by atoms with Gasteiger partial charge in [0.05, 0.1) is 0 Å². The molecule has 1 heteroatoms. The zero-order valence-corrected chi connectivity index (χ0v) is 7.88. The fraction of sp³-hybridized carbons (Fsp3) is 0.455. The number of hydrogen-bond donors (Lipinski definition) is 1. The molecule has 0 aliphatic heterocycles. The largest absolute Gasteiger partial charge is 0.326 e. The summed E-state index contributed by atoms with van der Waals surface area (Å²) in [6.45, 7) is 5.11. The minimum absolute atomic E-state index is 0.641. The third kappa shape index (κ3) is 2.67. The van der Waals surface area contributed by atoms with Crippen LogP contribution in [-0.2, 0) is 13.0 Å². The van der Waals surface area contributed by atoms with Crippen LogP contribution in [0, 0.1) is 5.92 Å². The molecule has 1 rings (SSSR count). The van der Waals surface area contributed by atoms with E-state index in [1.807, 2.05) is 0 Å². The summed E-state index contributed by atoms with van der Waals surface area (Å²) in [5.74, 6) is 0.730. The highest BCUT2D eigenvalue weighted by atomic mass is 14.5. The van der Waals surface area contributed by atoms with E-state index in [0.29, 0.717) is 6.54 Å². The van der Waals surface area contributed by atoms with Crippen molar-refractivity contribution in [1.29, 1.82) is 0 Å². The molecule has 0 aromatic heterocycles. The molecule has 0 radical (unpaired) electrons. The van der Waals surface area contributed by atoms with Crippen LogP contribution in [0.1, 0.15) is 25.0 Å². The molecule has 2 N–H and O–H groups in total. The van der Waals surface area contributed by atoms with Crippen LogP contribution in [0.25, 0.3) is 0 Å². The Bertz CT molecular complexity index is 223. The fourth-order valence-corrected chi connectivity index (χ4v) is 1.28. The summed E-state index contributed by atoms with van der Waals surface area (Å²) in [6.07, 6.45) is 1.16. The second kappa shape index (κ2) is 4.27. The van der Waals surface area contributed by atoms with Crippen LogP contribution in [0.4, 0.5) is 0 Å². The molecule has 66 valence electrons. The quantitative estimate of drug-likeness (QED) is 0.727. The lowest BCUT2D eigenvalue weighted by Crippen LogP contribution is -1.97. The minimum Gasteiger partial charge on any atom is -0.326 e. The number of rotatable bonds is 3. The standard InChI is InChI=1S/C11H17N/c1-9(2)7-10-3-5-11(8-12)6-4-10/h3-6,9H,7-8,12H2,1-2H3. The van der Waals surface area contributed by atoms with Gasteiger partial charge in [0.2, 0.25) is 0 Å². The average molecular weight is 163 g/mol. The van der Waals surface area contributed by atoms with Crippen LogP contribution in [-0.4, -0.2) is 0 Å². The SMILES string of the molecule is CC(C)Cc1ccc(CN)cc1. The Labute approximate surface area is 74.6 Å². The molecule has 0 heterocycles. The predicted molar refractivity (Wildman–Crippen MR) is 52.9 cm³/mol. The van der Waals surface area contributed by atoms with E-state index < -0.39 is 0 Å². The highest BCUT2D eigenvalue weighted by Gasteiger charge is 1.96. The van der Waals surface area contributed by atoms with Gasteiger partial charge in [-0.15, -0.1) is 0 Å². The first kappa shape index (κ1) is 9.27. The minimum atomic E-state index is 0.641. The molecule has 0 spiro atoms. The van der Waals surface area contributed by atoms with Gasteiger partial charge in [0.15, 0.2) is 0 Å². The summed E-state index contributed by atoms with van der Waals surface area (Å²) in [5, 5.41) is 0. The van der Waals surface area contributed by atoms with Crippen molar-refractivity contribution in [2.24, 2.45) is 11.7 Å². The molecule has 1 aromatic rings. The van der Waals surface area contributed by atoms with Crippen LogP contribution in [0.2, 0.25) is 0 Å². The van der Waals surface area contributed by atoms with Crippen LogP contribution in [0.5, 0.6) is 0 Å². The van der Waals surface area contributed by atoms with Crippen molar-refractivity contribution >= 4 is 0 Å². The molecule has 0 unspecified atom stereocenters. The zero-order chi connectivity index (χ0) is 8.97. The van der Waals surface area contributed by atoms with Gasteiger partial charge >= 0.3 is 0 Å². The monoisotopic (exact) mass is 163 g/mol. The van der Waals surface area contributed by atoms with E-state index >= 15 is 0 Å². The lowest BCUT2D eigenvalue weighted by atomic mass is 10.0. The average Bonchev–Trinajstić information content (AvgIpc) is 2.05. The number of nitrogens with two attached hydrogens (primary N) is 1. The zero-order valence-electron chi connectivity index (χ0n) is 7.88. The van der Waals surface area contributed by atoms with E-state index in [2.05, 4.69) is 38.1 Å². The van der Waals surface area contributed by atoms with Gasteiger partial charge in [0.25, 0.3) is 0 Å². The third-order valence-electron chi connectivity index (χ3n) is 1.90. The van der Waals surface area contributed by atoms with Gasteiger partial charge in [-0.05, 0) is 23.5 Å². The van der Waals surface area contributed by atoms with E-state index in [1.54, 1.807) is 0 Å². The van der Waals surface area contributed by atoms with Gasteiger partial charge in [-0.1, -0.05) is 38.1 Å². The Morgan fingerprint density at radius 1 is 1.08 bits per heavy atom. The van der Waals surface area contributed by atoms with Crippen LogP contribution in [0.3, 0.4) is 0 Å². The normalized spacial score (nSPS) is 10.7. The molecule has 12 heavy (non-hydrogen) atoms. The Morgan fingerprint density at radius 3 is 2.00 bits per heavy atom. The van der Waals surface area contributed by atoms with Gasteiger partial charge in [-0.25, -0.2) is 0 Å². The van der Waals surface area contributed by atoms with Gasteiger partial charge in [0, 0.05) is 6.54 Å². The molecular weight excluding hydrogens is 146 g/mol. The summed E-state index contributed by atoms with van der Waals surface area (Å²) < 4.78 is 0. The molecule has 1 aromatic carbocycles. The smallest absolute Gasteiger partial charge is 0.0178 e. The summed E-state index contributed by atoms with van der Waals surface area (Å²) >= 11 is 0. The molecule has 0 aliphatic rings. The van der Waals surface area contributed by atoms with E-state index in [-0.39, 0.29) is 0 Å². The Kier molecular flexibility index (Phi) is 3.30. The predicted octanol–water partition coefficient (Wildman–Crippen LogP) is 2.34. The van der Waals surface area contributed by atoms with Crippen molar-refractivity contribution in [2.75, 3.05) is 0 Å². The molecular formula is C11H17N. The fourth-order valence-electron chi connectivity index (χ4n) is 1.28. The molecule has 1 nitrogen and oxygen atoms in total. The summed E-state index contributed by atoms with van der Waals surface area (Å²) in [5.41, 5.74) is 8.12. The van der Waals surface area contributed by atoms with E-state index in [0.717, 1.165) is 12.3 Å². The van der Waals surface area contributed by atoms with Gasteiger partial charge in [0.1, 0.15) is 0 Å². The molecule has 0 fully saturated rings. The first-order valence-corrected chi connectivity index (χ1v) is 4.50. The van der Waals surface area contributed by atoms with Crippen LogP contribution < -0.4 is 5.73 Å². The first-order valence-electron chi connectivity index (χ1n) is 4.50. The van der Waals surface area contributed by atoms with Crippen LogP contribution >= 0.6 is 0 Å². The Hall–Kier alpha value is -0.820. The van der Waals surface area contributed by atoms with Gasteiger partial charge in [-0.3, -0.25) is 0 Å². The summed E-state index contributed by atoms with van der Waals surface area (Å²) in [4.78, 5) is 0. The second-order valence-corrected chi connectivity index (χ2v) is 3.62. The second-order valence-electron chi connectivity index (χ2n) is 3.62. The van der Waals surface area contributed by atoms with Crippen molar-refractivity contribution in [1.82, 2.24) is 0 Å². The Balaban J connectivity index is 2.65. The molecule has 0 bridgehead atoms. The number of hydrogen-bond acceptors (Lipinski definition) is 1. The molecule has 0 amide bonds. The van der Waals surface area contributed by atoms with Crippen molar-refractivity contribution < 1.29 is 0 Å². The Morgan fingerprint density at radius 2 is 1.58 bits per heavy atom. The van der Waals surface area contributed by atoms with Crippen molar-refractivity contribution in [3.8, 4) is 0 Å². The van der Waals surface area contributed by atoms with E-state index in [9.17, 15) is 0 Å². The maximum absolute atomic E-state index is 5.50. The molecule has 0 aliphatic carbocycles. The molecule has 0 saturated carbocycles. The van der Waals surface area contributed by atoms with Crippen molar-refractivity contribution in [2.45, 2.75) is 26.8 Å². The lowest BCUT2D eigenvalue weighted by molar-refractivity contribution is 0.647. The van der Waals surface area contributed by atoms with Crippen LogP contribution in [0.15, 0.2) is 24.3 Å². The summed E-state index contributed by atoms with van der Waals surface area (Å²) in [6, 6.07) is 8.56. The summed E-state index contributed by atoms with van der Waals surface area (Å²) in [7, 11) is 0. The van der Waals surface area contributed by atoms with Crippen molar-refractivity contribution in [3.05, 3.63) is 35.4 Å². The molecule has 0 saturated heterocycles. The molecule has 0 atom stereocenters. The maximum atomic E-state index is 5.50. The highest BCUT2D eigenvalue weighted by molar-refractivity contribution is 5.22.